The minimum Gasteiger partial charge on any atom is -0.480 e. The van der Waals surface area contributed by atoms with Crippen molar-refractivity contribution in [3.05, 3.63) is 23.8 Å². The van der Waals surface area contributed by atoms with Gasteiger partial charge in [0.2, 0.25) is 0 Å². The van der Waals surface area contributed by atoms with Crippen molar-refractivity contribution in [2.75, 3.05) is 31.1 Å². The summed E-state index contributed by atoms with van der Waals surface area (Å²) >= 11 is 0. The predicted octanol–water partition coefficient (Wildman–Crippen LogP) is -0.115. The van der Waals surface area contributed by atoms with Crippen LogP contribution in [0, 0.1) is 0 Å². The lowest BCUT2D eigenvalue weighted by Gasteiger charge is -2.29. The van der Waals surface area contributed by atoms with E-state index in [4.69, 9.17) is 10.5 Å². The van der Waals surface area contributed by atoms with Crippen molar-refractivity contribution in [1.29, 1.82) is 0 Å². The smallest absolute Gasteiger partial charge is 0.258 e. The van der Waals surface area contributed by atoms with Gasteiger partial charge in [-0.3, -0.25) is 4.79 Å². The highest BCUT2D eigenvalue weighted by Gasteiger charge is 2.27. The molecule has 5 heteroatoms. The summed E-state index contributed by atoms with van der Waals surface area (Å²) in [4.78, 5) is 13.5. The lowest BCUT2D eigenvalue weighted by atomic mass is 10.1. The Hall–Kier alpha value is -1.75. The molecule has 5 nitrogen and oxygen atoms in total. The molecule has 0 aromatic heterocycles. The van der Waals surface area contributed by atoms with Gasteiger partial charge in [0.05, 0.1) is 0 Å². The molecule has 1 aromatic carbocycles. The van der Waals surface area contributed by atoms with Crippen LogP contribution in [0.15, 0.2) is 18.2 Å². The number of hydrogen-bond acceptors (Lipinski definition) is 4. The molecule has 1 saturated heterocycles. The number of amides is 1. The van der Waals surface area contributed by atoms with Gasteiger partial charge in [0.1, 0.15) is 5.75 Å². The van der Waals surface area contributed by atoms with Crippen LogP contribution in [0.4, 0.5) is 5.69 Å². The van der Waals surface area contributed by atoms with Crippen molar-refractivity contribution in [2.45, 2.75) is 12.5 Å². The summed E-state index contributed by atoms with van der Waals surface area (Å²) < 4.78 is 5.51. The number of rotatable bonds is 2. The third-order valence-electron chi connectivity index (χ3n) is 3.52. The van der Waals surface area contributed by atoms with Crippen molar-refractivity contribution in [1.82, 2.24) is 5.32 Å². The van der Waals surface area contributed by atoms with Crippen LogP contribution < -0.4 is 20.7 Å². The van der Waals surface area contributed by atoms with E-state index in [1.54, 1.807) is 0 Å². The Morgan fingerprint density at radius 3 is 2.89 bits per heavy atom. The number of carbonyl (C=O) groups is 1. The van der Waals surface area contributed by atoms with Gasteiger partial charge in [0.15, 0.2) is 6.10 Å². The molecule has 0 radical (unpaired) electrons. The number of hydrogen-bond donors (Lipinski definition) is 2. The van der Waals surface area contributed by atoms with E-state index in [1.165, 1.54) is 5.69 Å². The van der Waals surface area contributed by atoms with Gasteiger partial charge >= 0.3 is 0 Å². The fourth-order valence-electron chi connectivity index (χ4n) is 2.51. The van der Waals surface area contributed by atoms with E-state index in [9.17, 15) is 4.79 Å². The number of piperazine rings is 1. The molecule has 2 aliphatic rings. The van der Waals surface area contributed by atoms with Gasteiger partial charge in [0, 0.05) is 43.9 Å². The van der Waals surface area contributed by atoms with Crippen molar-refractivity contribution in [3.63, 3.8) is 0 Å². The first kappa shape index (κ1) is 11.3. The van der Waals surface area contributed by atoms with Gasteiger partial charge in [0.25, 0.3) is 5.91 Å². The third kappa shape index (κ3) is 2.01. The maximum atomic E-state index is 11.1. The van der Waals surface area contributed by atoms with Crippen molar-refractivity contribution in [3.8, 4) is 5.75 Å². The zero-order valence-electron chi connectivity index (χ0n) is 10.2. The van der Waals surface area contributed by atoms with Gasteiger partial charge in [-0.15, -0.1) is 0 Å². The number of nitrogens with two attached hydrogens (primary N) is 1. The Morgan fingerprint density at radius 2 is 2.17 bits per heavy atom. The number of anilines is 1. The highest BCUT2D eigenvalue weighted by molar-refractivity contribution is 5.81. The molecule has 96 valence electrons. The largest absolute Gasteiger partial charge is 0.480 e. The quantitative estimate of drug-likeness (QED) is 0.765. The summed E-state index contributed by atoms with van der Waals surface area (Å²) in [7, 11) is 0. The van der Waals surface area contributed by atoms with Crippen LogP contribution >= 0.6 is 0 Å². The van der Waals surface area contributed by atoms with E-state index in [0.29, 0.717) is 6.42 Å². The second-order valence-corrected chi connectivity index (χ2v) is 4.74. The van der Waals surface area contributed by atoms with Crippen molar-refractivity contribution >= 4 is 11.6 Å². The van der Waals surface area contributed by atoms with E-state index >= 15 is 0 Å². The number of ether oxygens (including phenoxy) is 1. The highest BCUT2D eigenvalue weighted by atomic mass is 16.5. The van der Waals surface area contributed by atoms with Crippen LogP contribution in [-0.4, -0.2) is 38.2 Å². The monoisotopic (exact) mass is 247 g/mol. The molecule has 3 rings (SSSR count). The Labute approximate surface area is 106 Å². The molecule has 0 aliphatic carbocycles. The topological polar surface area (TPSA) is 67.6 Å². The average Bonchev–Trinajstić information content (AvgIpc) is 2.82. The third-order valence-corrected chi connectivity index (χ3v) is 3.52. The average molecular weight is 247 g/mol. The number of nitrogens with zero attached hydrogens (tertiary/aromatic N) is 1. The molecule has 1 aromatic rings. The molecule has 0 bridgehead atoms. The van der Waals surface area contributed by atoms with Crippen LogP contribution in [0.5, 0.6) is 5.75 Å². The second-order valence-electron chi connectivity index (χ2n) is 4.74. The summed E-state index contributed by atoms with van der Waals surface area (Å²) in [6, 6.07) is 6.10. The van der Waals surface area contributed by atoms with E-state index in [2.05, 4.69) is 16.3 Å². The molecule has 0 spiro atoms. The molecule has 0 unspecified atom stereocenters. The number of benzene rings is 1. The molecule has 2 aliphatic heterocycles. The van der Waals surface area contributed by atoms with E-state index < -0.39 is 12.0 Å². The van der Waals surface area contributed by atoms with E-state index in [1.807, 2.05) is 12.1 Å². The van der Waals surface area contributed by atoms with Gasteiger partial charge in [-0.1, -0.05) is 0 Å². The number of primary amides is 1. The maximum Gasteiger partial charge on any atom is 0.258 e. The summed E-state index contributed by atoms with van der Waals surface area (Å²) in [6.45, 7) is 4.05. The summed E-state index contributed by atoms with van der Waals surface area (Å²) in [5, 5.41) is 3.33. The maximum absolute atomic E-state index is 11.1. The van der Waals surface area contributed by atoms with Crippen LogP contribution in [-0.2, 0) is 11.2 Å². The van der Waals surface area contributed by atoms with Gasteiger partial charge in [-0.25, -0.2) is 0 Å². The normalized spacial score (nSPS) is 22.4. The van der Waals surface area contributed by atoms with Crippen LogP contribution in [0.1, 0.15) is 5.56 Å². The van der Waals surface area contributed by atoms with Crippen LogP contribution in [0.2, 0.25) is 0 Å². The van der Waals surface area contributed by atoms with Gasteiger partial charge in [-0.05, 0) is 18.2 Å². The number of nitrogens with one attached hydrogen (secondary N) is 1. The number of carbonyl (C=O) groups excluding carboxylic acids is 1. The fourth-order valence-corrected chi connectivity index (χ4v) is 2.51. The first-order chi connectivity index (χ1) is 8.74. The summed E-state index contributed by atoms with van der Waals surface area (Å²) in [6.07, 6.45) is 0.0863. The SMILES string of the molecule is NC(=O)[C@H]1Cc2cc(N3CCNCC3)ccc2O1. The van der Waals surface area contributed by atoms with Crippen LogP contribution in [0.3, 0.4) is 0 Å². The Balaban J connectivity index is 1.80. The van der Waals surface area contributed by atoms with E-state index in [-0.39, 0.29) is 0 Å². The fraction of sp³-hybridized carbons (Fsp3) is 0.462. The Kier molecular flexibility index (Phi) is 2.83. The molecular formula is C13H17N3O2. The summed E-state index contributed by atoms with van der Waals surface area (Å²) in [5.74, 6) is 0.396. The highest BCUT2D eigenvalue weighted by Crippen LogP contribution is 2.32. The zero-order valence-corrected chi connectivity index (χ0v) is 10.2. The molecule has 0 saturated carbocycles. The molecule has 18 heavy (non-hydrogen) atoms. The first-order valence-electron chi connectivity index (χ1n) is 6.28. The van der Waals surface area contributed by atoms with Crippen molar-refractivity contribution < 1.29 is 9.53 Å². The Morgan fingerprint density at radius 1 is 1.39 bits per heavy atom. The molecular weight excluding hydrogens is 230 g/mol. The van der Waals surface area contributed by atoms with Gasteiger partial charge < -0.3 is 20.7 Å². The molecule has 1 atom stereocenters. The lowest BCUT2D eigenvalue weighted by Crippen LogP contribution is -2.43. The zero-order chi connectivity index (χ0) is 12.5. The van der Waals surface area contributed by atoms with Gasteiger partial charge in [-0.2, -0.15) is 0 Å². The minimum absolute atomic E-state index is 0.394. The molecule has 3 N–H and O–H groups in total. The van der Waals surface area contributed by atoms with E-state index in [0.717, 1.165) is 37.5 Å². The minimum atomic E-state index is -0.502. The number of fused-ring (bicyclic) bond motifs is 1. The Bertz CT molecular complexity index is 469. The second kappa shape index (κ2) is 4.49. The molecule has 2 heterocycles. The molecule has 1 amide bonds. The van der Waals surface area contributed by atoms with Crippen LogP contribution in [0.25, 0.3) is 0 Å². The molecule has 1 fully saturated rings. The standard InChI is InChI=1S/C13H17N3O2/c14-13(17)12-8-9-7-10(1-2-11(9)18-12)16-5-3-15-4-6-16/h1-2,7,12,15H,3-6,8H2,(H2,14,17)/t12-/m1/s1. The van der Waals surface area contributed by atoms with Crippen molar-refractivity contribution in [2.24, 2.45) is 5.73 Å². The summed E-state index contributed by atoms with van der Waals surface area (Å²) in [5.41, 5.74) is 7.55. The lowest BCUT2D eigenvalue weighted by molar-refractivity contribution is -0.123. The first-order valence-corrected chi connectivity index (χ1v) is 6.28. The predicted molar refractivity (Wildman–Crippen MR) is 68.8 cm³/mol.